The molecule has 36 heavy (non-hydrogen) atoms. The van der Waals surface area contributed by atoms with Crippen LogP contribution in [0.5, 0.6) is 5.75 Å². The molecule has 1 aromatic heterocycles. The summed E-state index contributed by atoms with van der Waals surface area (Å²) in [6.07, 6.45) is 3.01. The van der Waals surface area contributed by atoms with Crippen LogP contribution in [0.4, 0.5) is 19.3 Å². The van der Waals surface area contributed by atoms with Gasteiger partial charge in [0.25, 0.3) is 5.92 Å². The number of aromatic nitrogens is 1. The Bertz CT molecular complexity index is 1110. The molecule has 0 radical (unpaired) electrons. The number of carbonyl (C=O) groups excluding carboxylic acids is 1. The summed E-state index contributed by atoms with van der Waals surface area (Å²) in [6.45, 7) is 5.98. The van der Waals surface area contributed by atoms with Crippen LogP contribution in [0.1, 0.15) is 37.0 Å². The first-order valence-electron chi connectivity index (χ1n) is 12.1. The standard InChI is InChI=1S/C28H34F2N4O2/c1-4-28(29,30)26-14-7-6-11-23(26)21-36-25-13-8-10-22(18-25)20-33(3)16-17-34(5-2)27(35)32-24-12-9-15-31-19-24/h6-15,18-19H,4-5,16-17,20-21H2,1-3H3,(H,32,35). The highest BCUT2D eigenvalue weighted by atomic mass is 19.3. The number of hydrogen-bond donors (Lipinski definition) is 1. The zero-order valence-electron chi connectivity index (χ0n) is 21.1. The maximum Gasteiger partial charge on any atom is 0.321 e. The van der Waals surface area contributed by atoms with Crippen LogP contribution in [-0.2, 0) is 19.1 Å². The maximum absolute atomic E-state index is 14.3. The van der Waals surface area contributed by atoms with Gasteiger partial charge in [0.2, 0.25) is 0 Å². The highest BCUT2D eigenvalue weighted by Crippen LogP contribution is 2.34. The lowest BCUT2D eigenvalue weighted by Gasteiger charge is -2.25. The number of rotatable bonds is 12. The van der Waals surface area contributed by atoms with Gasteiger partial charge in [-0.3, -0.25) is 4.98 Å². The van der Waals surface area contributed by atoms with Gasteiger partial charge in [-0.2, -0.15) is 0 Å². The average molecular weight is 497 g/mol. The zero-order chi connectivity index (χ0) is 26.0. The molecule has 0 atom stereocenters. The molecule has 0 aliphatic carbocycles. The first-order chi connectivity index (χ1) is 17.3. The van der Waals surface area contributed by atoms with Crippen LogP contribution in [0.3, 0.4) is 0 Å². The molecule has 3 aromatic rings. The Balaban J connectivity index is 1.53. The number of nitrogens with zero attached hydrogens (tertiary/aromatic N) is 3. The fourth-order valence-corrected chi connectivity index (χ4v) is 3.81. The molecule has 8 heteroatoms. The molecule has 2 aromatic carbocycles. The van der Waals surface area contributed by atoms with Crippen molar-refractivity contribution in [3.63, 3.8) is 0 Å². The van der Waals surface area contributed by atoms with Gasteiger partial charge < -0.3 is 19.9 Å². The molecule has 1 heterocycles. The van der Waals surface area contributed by atoms with Crippen LogP contribution in [0.2, 0.25) is 0 Å². The predicted octanol–water partition coefficient (Wildman–Crippen LogP) is 6.15. The van der Waals surface area contributed by atoms with Crippen molar-refractivity contribution in [2.75, 3.05) is 32.0 Å². The Morgan fingerprint density at radius 2 is 1.86 bits per heavy atom. The van der Waals surface area contributed by atoms with Crippen LogP contribution >= 0.6 is 0 Å². The summed E-state index contributed by atoms with van der Waals surface area (Å²) in [7, 11) is 1.99. The van der Waals surface area contributed by atoms with Crippen LogP contribution in [0.25, 0.3) is 0 Å². The van der Waals surface area contributed by atoms with Crippen LogP contribution < -0.4 is 10.1 Å². The fourth-order valence-electron chi connectivity index (χ4n) is 3.81. The molecule has 0 saturated heterocycles. The molecular formula is C28H34F2N4O2. The van der Waals surface area contributed by atoms with E-state index in [0.29, 0.717) is 43.2 Å². The van der Waals surface area contributed by atoms with Gasteiger partial charge >= 0.3 is 6.03 Å². The Hall–Kier alpha value is -3.52. The highest BCUT2D eigenvalue weighted by Gasteiger charge is 2.31. The molecule has 6 nitrogen and oxygen atoms in total. The smallest absolute Gasteiger partial charge is 0.321 e. The average Bonchev–Trinajstić information content (AvgIpc) is 2.89. The summed E-state index contributed by atoms with van der Waals surface area (Å²) in [5, 5.41) is 2.86. The van der Waals surface area contributed by atoms with Crippen LogP contribution in [-0.4, -0.2) is 47.5 Å². The molecule has 0 fully saturated rings. The van der Waals surface area contributed by atoms with Crippen molar-refractivity contribution in [3.05, 3.63) is 89.7 Å². The number of hydrogen-bond acceptors (Lipinski definition) is 4. The minimum atomic E-state index is -2.88. The van der Waals surface area contributed by atoms with Crippen molar-refractivity contribution in [1.82, 2.24) is 14.8 Å². The molecule has 3 rings (SSSR count). The van der Waals surface area contributed by atoms with Crippen molar-refractivity contribution < 1.29 is 18.3 Å². The van der Waals surface area contributed by atoms with Gasteiger partial charge in [0.05, 0.1) is 11.9 Å². The third kappa shape index (κ3) is 7.75. The van der Waals surface area contributed by atoms with Gasteiger partial charge in [-0.1, -0.05) is 43.3 Å². The predicted molar refractivity (Wildman–Crippen MR) is 138 cm³/mol. The number of likely N-dealkylation sites (N-methyl/N-ethyl adjacent to an activating group) is 2. The maximum atomic E-state index is 14.3. The van der Waals surface area contributed by atoms with E-state index in [2.05, 4.69) is 15.2 Å². The van der Waals surface area contributed by atoms with Gasteiger partial charge in [0.15, 0.2) is 0 Å². The highest BCUT2D eigenvalue weighted by molar-refractivity contribution is 5.89. The molecule has 0 spiro atoms. The normalized spacial score (nSPS) is 11.4. The van der Waals surface area contributed by atoms with E-state index in [0.717, 1.165) is 5.56 Å². The number of pyridine rings is 1. The molecular weight excluding hydrogens is 462 g/mol. The molecule has 0 saturated carbocycles. The van der Waals surface area contributed by atoms with Crippen LogP contribution in [0.15, 0.2) is 73.1 Å². The monoisotopic (exact) mass is 496 g/mol. The second kappa shape index (κ2) is 13.0. The summed E-state index contributed by atoms with van der Waals surface area (Å²) in [6, 6.07) is 17.6. The number of halogens is 2. The molecule has 0 aliphatic heterocycles. The molecule has 0 bridgehead atoms. The number of carbonyl (C=O) groups is 1. The molecule has 1 N–H and O–H groups in total. The third-order valence-electron chi connectivity index (χ3n) is 5.93. The van der Waals surface area contributed by atoms with E-state index in [1.807, 2.05) is 38.2 Å². The van der Waals surface area contributed by atoms with E-state index in [1.54, 1.807) is 47.6 Å². The lowest BCUT2D eigenvalue weighted by molar-refractivity contribution is -0.00993. The molecule has 0 aliphatic rings. The minimum absolute atomic E-state index is 0.0106. The minimum Gasteiger partial charge on any atom is -0.489 e. The van der Waals surface area contributed by atoms with Gasteiger partial charge in [-0.05, 0) is 49.4 Å². The van der Waals surface area contributed by atoms with Gasteiger partial charge in [0.1, 0.15) is 12.4 Å². The summed E-state index contributed by atoms with van der Waals surface area (Å²) >= 11 is 0. The number of anilines is 1. The number of amides is 2. The van der Waals surface area contributed by atoms with Gasteiger partial charge in [-0.15, -0.1) is 0 Å². The number of alkyl halides is 2. The SMILES string of the molecule is CCN(CCN(C)Cc1cccc(OCc2ccccc2C(F)(F)CC)c1)C(=O)Nc1cccnc1. The van der Waals surface area contributed by atoms with E-state index in [4.69, 9.17) is 4.74 Å². The van der Waals surface area contributed by atoms with E-state index in [9.17, 15) is 13.6 Å². The van der Waals surface area contributed by atoms with E-state index < -0.39 is 5.92 Å². The Morgan fingerprint density at radius 3 is 2.58 bits per heavy atom. The lowest BCUT2D eigenvalue weighted by Crippen LogP contribution is -2.39. The van der Waals surface area contributed by atoms with Crippen molar-refractivity contribution in [2.45, 2.75) is 39.3 Å². The zero-order valence-corrected chi connectivity index (χ0v) is 21.1. The number of ether oxygens (including phenoxy) is 1. The largest absolute Gasteiger partial charge is 0.489 e. The molecule has 0 unspecified atom stereocenters. The van der Waals surface area contributed by atoms with Gasteiger partial charge in [-0.25, -0.2) is 13.6 Å². The Morgan fingerprint density at radius 1 is 1.06 bits per heavy atom. The first-order valence-corrected chi connectivity index (χ1v) is 12.1. The van der Waals surface area contributed by atoms with Crippen LogP contribution in [0, 0.1) is 0 Å². The fraction of sp³-hybridized carbons (Fsp3) is 0.357. The van der Waals surface area contributed by atoms with E-state index in [1.165, 1.54) is 13.0 Å². The Kier molecular flexibility index (Phi) is 9.76. The summed E-state index contributed by atoms with van der Waals surface area (Å²) in [5.41, 5.74) is 2.18. The van der Waals surface area contributed by atoms with Crippen molar-refractivity contribution >= 4 is 11.7 Å². The van der Waals surface area contributed by atoms with Gasteiger partial charge in [0, 0.05) is 44.4 Å². The third-order valence-corrected chi connectivity index (χ3v) is 5.93. The van der Waals surface area contributed by atoms with Crippen molar-refractivity contribution in [1.29, 1.82) is 0 Å². The Labute approximate surface area is 211 Å². The number of benzene rings is 2. The topological polar surface area (TPSA) is 57.7 Å². The summed E-state index contributed by atoms with van der Waals surface area (Å²) < 4.78 is 34.5. The summed E-state index contributed by atoms with van der Waals surface area (Å²) in [5.74, 6) is -2.26. The molecule has 2 amide bonds. The lowest BCUT2D eigenvalue weighted by atomic mass is 10.0. The van der Waals surface area contributed by atoms with E-state index >= 15 is 0 Å². The first kappa shape index (κ1) is 27.1. The second-order valence-electron chi connectivity index (χ2n) is 8.64. The molecule has 192 valence electrons. The second-order valence-corrected chi connectivity index (χ2v) is 8.64. The van der Waals surface area contributed by atoms with Crippen molar-refractivity contribution in [2.24, 2.45) is 0 Å². The van der Waals surface area contributed by atoms with Crippen molar-refractivity contribution in [3.8, 4) is 5.75 Å². The van der Waals surface area contributed by atoms with E-state index in [-0.39, 0.29) is 24.6 Å². The number of urea groups is 1. The number of nitrogens with one attached hydrogen (secondary N) is 1. The summed E-state index contributed by atoms with van der Waals surface area (Å²) in [4.78, 5) is 20.4. The quantitative estimate of drug-likeness (QED) is 0.327.